The summed E-state index contributed by atoms with van der Waals surface area (Å²) >= 11 is 0. The van der Waals surface area contributed by atoms with Crippen molar-refractivity contribution in [1.82, 2.24) is 9.97 Å². The Labute approximate surface area is 102 Å². The zero-order valence-corrected chi connectivity index (χ0v) is 10.7. The Morgan fingerprint density at radius 2 is 1.82 bits per heavy atom. The molecule has 0 bridgehead atoms. The van der Waals surface area contributed by atoms with E-state index in [4.69, 9.17) is 0 Å². The Bertz CT molecular complexity index is 483. The average Bonchev–Trinajstić information content (AvgIpc) is 2.71. The molecule has 0 fully saturated rings. The van der Waals surface area contributed by atoms with Crippen LogP contribution in [0.5, 0.6) is 0 Å². The average molecular weight is 229 g/mol. The fourth-order valence-electron chi connectivity index (χ4n) is 1.87. The van der Waals surface area contributed by atoms with E-state index < -0.39 is 0 Å². The van der Waals surface area contributed by atoms with Crippen molar-refractivity contribution in [3.63, 3.8) is 0 Å². The third-order valence-corrected chi connectivity index (χ3v) is 3.03. The molecule has 0 saturated carbocycles. The molecule has 0 spiro atoms. The summed E-state index contributed by atoms with van der Waals surface area (Å²) in [5.74, 6) is 0.836. The van der Waals surface area contributed by atoms with Crippen LogP contribution < -0.4 is 5.32 Å². The predicted molar refractivity (Wildman–Crippen MR) is 71.5 cm³/mol. The molecular weight excluding hydrogens is 210 g/mol. The van der Waals surface area contributed by atoms with E-state index in [2.05, 4.69) is 53.4 Å². The molecule has 0 aliphatic heterocycles. The number of benzene rings is 1. The molecular formula is C14H19N3. The van der Waals surface area contributed by atoms with Gasteiger partial charge >= 0.3 is 0 Å². The molecule has 3 nitrogen and oxygen atoms in total. The van der Waals surface area contributed by atoms with E-state index in [0.29, 0.717) is 0 Å². The van der Waals surface area contributed by atoms with E-state index in [0.717, 1.165) is 30.2 Å². The van der Waals surface area contributed by atoms with Gasteiger partial charge in [-0.15, -0.1) is 0 Å². The van der Waals surface area contributed by atoms with E-state index in [1.54, 1.807) is 0 Å². The lowest BCUT2D eigenvalue weighted by Gasteiger charge is -2.01. The first-order chi connectivity index (χ1) is 8.22. The summed E-state index contributed by atoms with van der Waals surface area (Å²) in [6.45, 7) is 4.23. The SMILES string of the molecule is CCc1ccc(Cc2nc(NC)[nH]c2C)cc1. The Morgan fingerprint density at radius 3 is 2.35 bits per heavy atom. The number of aromatic nitrogens is 2. The van der Waals surface area contributed by atoms with Gasteiger partial charge in [-0.1, -0.05) is 31.2 Å². The molecule has 2 rings (SSSR count). The molecule has 1 heterocycles. The van der Waals surface area contributed by atoms with E-state index in [1.165, 1.54) is 11.1 Å². The van der Waals surface area contributed by atoms with Crippen LogP contribution in [0.25, 0.3) is 0 Å². The molecule has 3 heteroatoms. The predicted octanol–water partition coefficient (Wildman–Crippen LogP) is 2.91. The molecule has 1 aromatic heterocycles. The number of nitrogens with zero attached hydrogens (tertiary/aromatic N) is 1. The Morgan fingerprint density at radius 1 is 1.18 bits per heavy atom. The van der Waals surface area contributed by atoms with Crippen molar-refractivity contribution >= 4 is 5.95 Å². The number of H-pyrrole nitrogens is 1. The largest absolute Gasteiger partial charge is 0.359 e. The smallest absolute Gasteiger partial charge is 0.200 e. The van der Waals surface area contributed by atoms with Crippen molar-refractivity contribution in [2.75, 3.05) is 12.4 Å². The van der Waals surface area contributed by atoms with Crippen LogP contribution >= 0.6 is 0 Å². The van der Waals surface area contributed by atoms with Gasteiger partial charge in [-0.25, -0.2) is 4.98 Å². The lowest BCUT2D eigenvalue weighted by atomic mass is 10.1. The molecule has 0 amide bonds. The minimum Gasteiger partial charge on any atom is -0.359 e. The number of rotatable bonds is 4. The fraction of sp³-hybridized carbons (Fsp3) is 0.357. The van der Waals surface area contributed by atoms with Gasteiger partial charge in [0.25, 0.3) is 0 Å². The first kappa shape index (κ1) is 11.7. The normalized spacial score (nSPS) is 10.5. The number of hydrogen-bond acceptors (Lipinski definition) is 2. The number of nitrogens with one attached hydrogen (secondary N) is 2. The monoisotopic (exact) mass is 229 g/mol. The van der Waals surface area contributed by atoms with E-state index in [-0.39, 0.29) is 0 Å². The lowest BCUT2D eigenvalue weighted by molar-refractivity contribution is 1.07. The highest BCUT2D eigenvalue weighted by molar-refractivity contribution is 5.33. The summed E-state index contributed by atoms with van der Waals surface area (Å²) in [6, 6.07) is 8.75. The van der Waals surface area contributed by atoms with Crippen LogP contribution in [0.15, 0.2) is 24.3 Å². The van der Waals surface area contributed by atoms with Gasteiger partial charge in [0.1, 0.15) is 0 Å². The number of imidazole rings is 1. The highest BCUT2D eigenvalue weighted by Crippen LogP contribution is 2.14. The van der Waals surface area contributed by atoms with Gasteiger partial charge in [0.2, 0.25) is 0 Å². The van der Waals surface area contributed by atoms with E-state index in [9.17, 15) is 0 Å². The second kappa shape index (κ2) is 5.04. The van der Waals surface area contributed by atoms with Gasteiger partial charge in [0.15, 0.2) is 5.95 Å². The number of aromatic amines is 1. The number of aryl methyl sites for hydroxylation is 2. The molecule has 2 N–H and O–H groups in total. The van der Waals surface area contributed by atoms with Crippen molar-refractivity contribution in [3.05, 3.63) is 46.8 Å². The summed E-state index contributed by atoms with van der Waals surface area (Å²) in [4.78, 5) is 7.71. The van der Waals surface area contributed by atoms with E-state index >= 15 is 0 Å². The Kier molecular flexibility index (Phi) is 3.47. The molecule has 0 saturated heterocycles. The van der Waals surface area contributed by atoms with Gasteiger partial charge < -0.3 is 10.3 Å². The zero-order chi connectivity index (χ0) is 12.3. The Hall–Kier alpha value is -1.77. The molecule has 0 unspecified atom stereocenters. The molecule has 0 aliphatic carbocycles. The third-order valence-electron chi connectivity index (χ3n) is 3.03. The maximum atomic E-state index is 4.50. The van der Waals surface area contributed by atoms with Crippen molar-refractivity contribution < 1.29 is 0 Å². The van der Waals surface area contributed by atoms with Gasteiger partial charge in [-0.2, -0.15) is 0 Å². The van der Waals surface area contributed by atoms with Gasteiger partial charge in [0, 0.05) is 19.2 Å². The first-order valence-corrected chi connectivity index (χ1v) is 6.04. The number of anilines is 1. The molecule has 0 atom stereocenters. The summed E-state index contributed by atoms with van der Waals surface area (Å²) in [7, 11) is 1.87. The summed E-state index contributed by atoms with van der Waals surface area (Å²) in [5, 5.41) is 3.03. The van der Waals surface area contributed by atoms with Crippen molar-refractivity contribution in [1.29, 1.82) is 0 Å². The maximum Gasteiger partial charge on any atom is 0.200 e. The van der Waals surface area contributed by atoms with Crippen LogP contribution in [-0.2, 0) is 12.8 Å². The quantitative estimate of drug-likeness (QED) is 0.846. The van der Waals surface area contributed by atoms with Crippen LogP contribution in [0.1, 0.15) is 29.4 Å². The van der Waals surface area contributed by atoms with Crippen molar-refractivity contribution in [2.24, 2.45) is 0 Å². The topological polar surface area (TPSA) is 40.7 Å². The molecule has 2 aromatic rings. The first-order valence-electron chi connectivity index (χ1n) is 6.04. The minimum atomic E-state index is 0.836. The molecule has 0 aliphatic rings. The maximum absolute atomic E-state index is 4.50. The van der Waals surface area contributed by atoms with Crippen LogP contribution in [0.2, 0.25) is 0 Å². The van der Waals surface area contributed by atoms with Crippen LogP contribution in [0, 0.1) is 6.92 Å². The van der Waals surface area contributed by atoms with Crippen molar-refractivity contribution in [2.45, 2.75) is 26.7 Å². The lowest BCUT2D eigenvalue weighted by Crippen LogP contribution is -1.92. The fourth-order valence-corrected chi connectivity index (χ4v) is 1.87. The standard InChI is InChI=1S/C14H19N3/c1-4-11-5-7-12(8-6-11)9-13-10(2)16-14(15-3)17-13/h5-8H,4,9H2,1-3H3,(H2,15,16,17). The second-order valence-electron chi connectivity index (χ2n) is 4.25. The highest BCUT2D eigenvalue weighted by Gasteiger charge is 2.06. The molecule has 1 aromatic carbocycles. The summed E-state index contributed by atoms with van der Waals surface area (Å²) in [5.41, 5.74) is 4.93. The molecule has 17 heavy (non-hydrogen) atoms. The van der Waals surface area contributed by atoms with Gasteiger partial charge in [-0.3, -0.25) is 0 Å². The van der Waals surface area contributed by atoms with Crippen molar-refractivity contribution in [3.8, 4) is 0 Å². The number of hydrogen-bond donors (Lipinski definition) is 2. The Balaban J connectivity index is 2.16. The highest BCUT2D eigenvalue weighted by atomic mass is 15.1. The minimum absolute atomic E-state index is 0.836. The molecule has 90 valence electrons. The van der Waals surface area contributed by atoms with Gasteiger partial charge in [-0.05, 0) is 24.5 Å². The van der Waals surface area contributed by atoms with Crippen LogP contribution in [-0.4, -0.2) is 17.0 Å². The summed E-state index contributed by atoms with van der Waals surface area (Å²) < 4.78 is 0. The summed E-state index contributed by atoms with van der Waals surface area (Å²) in [6.07, 6.45) is 1.97. The van der Waals surface area contributed by atoms with Crippen LogP contribution in [0.3, 0.4) is 0 Å². The zero-order valence-electron chi connectivity index (χ0n) is 10.7. The molecule has 0 radical (unpaired) electrons. The third kappa shape index (κ3) is 2.67. The van der Waals surface area contributed by atoms with Crippen LogP contribution in [0.4, 0.5) is 5.95 Å². The van der Waals surface area contributed by atoms with E-state index in [1.807, 2.05) is 7.05 Å². The van der Waals surface area contributed by atoms with Gasteiger partial charge in [0.05, 0.1) is 5.69 Å². The second-order valence-corrected chi connectivity index (χ2v) is 4.25.